The molecule has 1 aliphatic rings. The van der Waals surface area contributed by atoms with E-state index < -0.39 is 5.97 Å². The van der Waals surface area contributed by atoms with Gasteiger partial charge in [-0.1, -0.05) is 59.6 Å². The van der Waals surface area contributed by atoms with Gasteiger partial charge < -0.3 is 5.11 Å². The number of carbonyl (C=O) groups excluding carboxylic acids is 1. The minimum Gasteiger partial charge on any atom is -0.481 e. The summed E-state index contributed by atoms with van der Waals surface area (Å²) in [7, 11) is 0. The summed E-state index contributed by atoms with van der Waals surface area (Å²) >= 11 is 12.2. The monoisotopic (exact) mass is 518 g/mol. The maximum Gasteiger partial charge on any atom is 0.303 e. The Morgan fingerprint density at radius 3 is 2.25 bits per heavy atom. The van der Waals surface area contributed by atoms with Gasteiger partial charge in [0.1, 0.15) is 0 Å². The molecule has 0 saturated heterocycles. The number of halogens is 2. The fraction of sp³-hybridized carbons (Fsp3) is 0.148. The Morgan fingerprint density at radius 1 is 0.833 bits per heavy atom. The number of carboxylic acid groups (broad SMARTS) is 1. The van der Waals surface area contributed by atoms with Crippen LogP contribution in [0.5, 0.6) is 0 Å². The Bertz CT molecular complexity index is 1500. The van der Waals surface area contributed by atoms with Crippen LogP contribution in [-0.2, 0) is 9.59 Å². The molecule has 0 saturated carbocycles. The van der Waals surface area contributed by atoms with Gasteiger partial charge in [0, 0.05) is 25.2 Å². The Labute approximate surface area is 217 Å². The van der Waals surface area contributed by atoms with E-state index in [1.54, 1.807) is 18.5 Å². The molecule has 180 valence electrons. The van der Waals surface area contributed by atoms with Crippen molar-refractivity contribution in [2.75, 3.05) is 0 Å². The first-order valence-electron chi connectivity index (χ1n) is 11.3. The summed E-state index contributed by atoms with van der Waals surface area (Å²) in [5, 5.41) is 16.1. The van der Waals surface area contributed by atoms with Crippen molar-refractivity contribution in [1.29, 1.82) is 0 Å². The molecule has 2 heterocycles. The standard InChI is InChI=1S/C27H20Cl2N4O3/c28-20-7-5-18(13-21(20)29)16-1-3-17(4-2-16)23-15-25(33(32-23)26(34)9-10-27(35)36)19-6-8-22-24(14-19)31-12-11-30-22/h1-8,11-14,25H,9-10,15H2,(H,35,36). The average molecular weight is 519 g/mol. The van der Waals surface area contributed by atoms with Crippen LogP contribution in [0.25, 0.3) is 22.2 Å². The van der Waals surface area contributed by atoms with E-state index >= 15 is 0 Å². The summed E-state index contributed by atoms with van der Waals surface area (Å²) in [5.41, 5.74) is 5.84. The number of amides is 1. The van der Waals surface area contributed by atoms with Gasteiger partial charge in [-0.15, -0.1) is 0 Å². The highest BCUT2D eigenvalue weighted by atomic mass is 35.5. The van der Waals surface area contributed by atoms with E-state index in [4.69, 9.17) is 28.3 Å². The Hall–Kier alpha value is -3.81. The third kappa shape index (κ3) is 4.94. The number of hydrogen-bond donors (Lipinski definition) is 1. The number of aromatic nitrogens is 2. The molecule has 0 spiro atoms. The third-order valence-corrected chi connectivity index (χ3v) is 6.81. The second-order valence-electron chi connectivity index (χ2n) is 8.41. The van der Waals surface area contributed by atoms with E-state index in [1.165, 1.54) is 5.01 Å². The van der Waals surface area contributed by atoms with Gasteiger partial charge in [0.05, 0.1) is 39.3 Å². The van der Waals surface area contributed by atoms with Gasteiger partial charge >= 0.3 is 5.97 Å². The molecule has 0 radical (unpaired) electrons. The summed E-state index contributed by atoms with van der Waals surface area (Å²) in [5.74, 6) is -1.37. The molecule has 36 heavy (non-hydrogen) atoms. The molecule has 4 aromatic rings. The number of nitrogens with zero attached hydrogens (tertiary/aromatic N) is 4. The SMILES string of the molecule is O=C(O)CCC(=O)N1N=C(c2ccc(-c3ccc(Cl)c(Cl)c3)cc2)CC1c1ccc2nccnc2c1. The van der Waals surface area contributed by atoms with Crippen LogP contribution in [0, 0.1) is 0 Å². The van der Waals surface area contributed by atoms with Gasteiger partial charge in [-0.25, -0.2) is 5.01 Å². The summed E-state index contributed by atoms with van der Waals surface area (Å²) in [6.45, 7) is 0. The molecule has 3 aromatic carbocycles. The average Bonchev–Trinajstić information content (AvgIpc) is 3.34. The van der Waals surface area contributed by atoms with Crippen molar-refractivity contribution in [2.24, 2.45) is 5.10 Å². The molecule has 5 rings (SSSR count). The first-order valence-corrected chi connectivity index (χ1v) is 12.0. The van der Waals surface area contributed by atoms with Crippen LogP contribution in [0.2, 0.25) is 10.0 Å². The molecule has 1 aliphatic heterocycles. The maximum absolute atomic E-state index is 13.0. The number of carboxylic acids is 1. The summed E-state index contributed by atoms with van der Waals surface area (Å²) < 4.78 is 0. The number of aliphatic carboxylic acids is 1. The number of benzene rings is 3. The lowest BCUT2D eigenvalue weighted by molar-refractivity contribution is -0.141. The molecule has 0 aliphatic carbocycles. The highest BCUT2D eigenvalue weighted by Crippen LogP contribution is 2.35. The van der Waals surface area contributed by atoms with Gasteiger partial charge in [0.2, 0.25) is 5.91 Å². The Balaban J connectivity index is 1.45. The molecule has 1 aromatic heterocycles. The first kappa shape index (κ1) is 23.9. The van der Waals surface area contributed by atoms with Gasteiger partial charge in [-0.3, -0.25) is 19.6 Å². The molecule has 0 bridgehead atoms. The first-order chi connectivity index (χ1) is 17.4. The number of fused-ring (bicyclic) bond motifs is 1. The lowest BCUT2D eigenvalue weighted by Gasteiger charge is -2.22. The minimum absolute atomic E-state index is 0.133. The van der Waals surface area contributed by atoms with Crippen LogP contribution in [-0.4, -0.2) is 37.7 Å². The van der Waals surface area contributed by atoms with Crippen LogP contribution in [0.3, 0.4) is 0 Å². The second-order valence-corrected chi connectivity index (χ2v) is 9.22. The van der Waals surface area contributed by atoms with Gasteiger partial charge in [0.15, 0.2) is 0 Å². The fourth-order valence-corrected chi connectivity index (χ4v) is 4.52. The van der Waals surface area contributed by atoms with Crippen molar-refractivity contribution in [2.45, 2.75) is 25.3 Å². The lowest BCUT2D eigenvalue weighted by atomic mass is 9.96. The molecule has 1 unspecified atom stereocenters. The minimum atomic E-state index is -1.03. The van der Waals surface area contributed by atoms with Crippen molar-refractivity contribution in [3.8, 4) is 11.1 Å². The zero-order valence-corrected chi connectivity index (χ0v) is 20.4. The van der Waals surface area contributed by atoms with E-state index in [-0.39, 0.29) is 24.8 Å². The molecule has 1 N–H and O–H groups in total. The topological polar surface area (TPSA) is 95.8 Å². The number of carbonyl (C=O) groups is 2. The van der Waals surface area contributed by atoms with Crippen molar-refractivity contribution in [3.63, 3.8) is 0 Å². The van der Waals surface area contributed by atoms with Gasteiger partial charge in [-0.05, 0) is 46.5 Å². The molecule has 7 nitrogen and oxygen atoms in total. The smallest absolute Gasteiger partial charge is 0.303 e. The van der Waals surface area contributed by atoms with E-state index in [0.717, 1.165) is 33.5 Å². The molecule has 1 amide bonds. The van der Waals surface area contributed by atoms with Crippen molar-refractivity contribution in [3.05, 3.63) is 94.2 Å². The van der Waals surface area contributed by atoms with Crippen molar-refractivity contribution >= 4 is 51.8 Å². The molecule has 9 heteroatoms. The normalized spacial score (nSPS) is 15.2. The van der Waals surface area contributed by atoms with E-state index in [0.29, 0.717) is 22.0 Å². The summed E-state index contributed by atoms with van der Waals surface area (Å²) in [6, 6.07) is 18.6. The number of hydrazone groups is 1. The molecular formula is C27H20Cl2N4O3. The van der Waals surface area contributed by atoms with Gasteiger partial charge in [-0.2, -0.15) is 5.10 Å². The van der Waals surface area contributed by atoms with E-state index in [9.17, 15) is 9.59 Å². The largest absolute Gasteiger partial charge is 0.481 e. The van der Waals surface area contributed by atoms with Gasteiger partial charge in [0.25, 0.3) is 0 Å². The Morgan fingerprint density at radius 2 is 1.53 bits per heavy atom. The highest BCUT2D eigenvalue weighted by molar-refractivity contribution is 6.42. The third-order valence-electron chi connectivity index (χ3n) is 6.07. The van der Waals surface area contributed by atoms with Crippen LogP contribution in [0.4, 0.5) is 0 Å². The highest BCUT2D eigenvalue weighted by Gasteiger charge is 2.33. The molecule has 1 atom stereocenters. The number of rotatable bonds is 6. The van der Waals surface area contributed by atoms with Crippen LogP contribution >= 0.6 is 23.2 Å². The zero-order chi connectivity index (χ0) is 25.2. The van der Waals surface area contributed by atoms with Crippen LogP contribution in [0.1, 0.15) is 36.4 Å². The fourth-order valence-electron chi connectivity index (χ4n) is 4.22. The predicted molar refractivity (Wildman–Crippen MR) is 139 cm³/mol. The summed E-state index contributed by atoms with van der Waals surface area (Å²) in [6.07, 6.45) is 3.34. The molecule has 0 fully saturated rings. The van der Waals surface area contributed by atoms with E-state index in [1.807, 2.05) is 54.6 Å². The lowest BCUT2D eigenvalue weighted by Crippen LogP contribution is -2.27. The predicted octanol–water partition coefficient (Wildman–Crippen LogP) is 6.15. The van der Waals surface area contributed by atoms with Crippen LogP contribution < -0.4 is 0 Å². The van der Waals surface area contributed by atoms with E-state index in [2.05, 4.69) is 15.1 Å². The quantitative estimate of drug-likeness (QED) is 0.330. The zero-order valence-electron chi connectivity index (χ0n) is 18.9. The molecular weight excluding hydrogens is 499 g/mol. The number of hydrogen-bond acceptors (Lipinski definition) is 5. The Kier molecular flexibility index (Phi) is 6.67. The van der Waals surface area contributed by atoms with Crippen LogP contribution in [0.15, 0.2) is 78.2 Å². The van der Waals surface area contributed by atoms with Crippen molar-refractivity contribution < 1.29 is 14.7 Å². The maximum atomic E-state index is 13.0. The second kappa shape index (κ2) is 10.0. The van der Waals surface area contributed by atoms with Crippen molar-refractivity contribution in [1.82, 2.24) is 15.0 Å². The summed E-state index contributed by atoms with van der Waals surface area (Å²) in [4.78, 5) is 32.7.